The molecule has 2 aromatic heterocycles. The summed E-state index contributed by atoms with van der Waals surface area (Å²) in [5.74, 6) is 0. The van der Waals surface area contributed by atoms with Crippen LogP contribution in [-0.4, -0.2) is 0 Å². The van der Waals surface area contributed by atoms with Crippen LogP contribution in [0.15, 0.2) is 114 Å². The minimum absolute atomic E-state index is 0.922. The molecule has 0 saturated carbocycles. The van der Waals surface area contributed by atoms with Crippen LogP contribution in [0.5, 0.6) is 0 Å². The summed E-state index contributed by atoms with van der Waals surface area (Å²) in [4.78, 5) is 0. The second kappa shape index (κ2) is 7.22. The molecule has 0 fully saturated rings. The molecule has 7 rings (SSSR count). The number of benzene rings is 5. The van der Waals surface area contributed by atoms with E-state index in [9.17, 15) is 0 Å². The van der Waals surface area contributed by atoms with Crippen LogP contribution in [-0.2, 0) is 0 Å². The normalized spacial score (nSPS) is 11.6. The highest BCUT2D eigenvalue weighted by atomic mass is 32.1. The van der Waals surface area contributed by atoms with Crippen molar-refractivity contribution in [3.63, 3.8) is 0 Å². The predicted octanol–water partition coefficient (Wildman–Crippen LogP) is 9.36. The van der Waals surface area contributed by atoms with Crippen LogP contribution in [0.25, 0.3) is 53.2 Å². The van der Waals surface area contributed by atoms with Gasteiger partial charge < -0.3 is 9.73 Å². The van der Waals surface area contributed by atoms with Crippen molar-refractivity contribution in [2.45, 2.75) is 0 Å². The third kappa shape index (κ3) is 2.94. The average molecular weight is 442 g/mol. The monoisotopic (exact) mass is 441 g/mol. The molecule has 2 heterocycles. The maximum Gasteiger partial charge on any atom is 0.143 e. The molecule has 2 nitrogen and oxygen atoms in total. The summed E-state index contributed by atoms with van der Waals surface area (Å²) < 4.78 is 8.86. The van der Waals surface area contributed by atoms with Crippen molar-refractivity contribution in [3.8, 4) is 11.1 Å². The third-order valence-corrected chi connectivity index (χ3v) is 7.48. The molecule has 0 unspecified atom stereocenters. The largest absolute Gasteiger partial charge is 0.455 e. The number of thiophene rings is 1. The first-order valence-corrected chi connectivity index (χ1v) is 11.8. The second-order valence-corrected chi connectivity index (χ2v) is 9.32. The molecule has 33 heavy (non-hydrogen) atoms. The summed E-state index contributed by atoms with van der Waals surface area (Å²) in [5, 5.41) is 8.58. The van der Waals surface area contributed by atoms with Gasteiger partial charge in [0.2, 0.25) is 0 Å². The van der Waals surface area contributed by atoms with Gasteiger partial charge in [0.05, 0.1) is 10.4 Å². The molecule has 0 aliphatic rings. The Bertz CT molecular complexity index is 1810. The van der Waals surface area contributed by atoms with Crippen molar-refractivity contribution < 1.29 is 4.42 Å². The summed E-state index contributed by atoms with van der Waals surface area (Å²) >= 11 is 1.83. The van der Waals surface area contributed by atoms with Crippen LogP contribution in [0, 0.1) is 0 Å². The van der Waals surface area contributed by atoms with E-state index < -0.39 is 0 Å². The summed E-state index contributed by atoms with van der Waals surface area (Å²) in [6.45, 7) is 0. The van der Waals surface area contributed by atoms with Gasteiger partial charge in [0.25, 0.3) is 0 Å². The third-order valence-electron chi connectivity index (χ3n) is 6.26. The molecule has 156 valence electrons. The molecule has 0 bridgehead atoms. The summed E-state index contributed by atoms with van der Waals surface area (Å²) in [6, 6.07) is 38.3. The van der Waals surface area contributed by atoms with Crippen molar-refractivity contribution >= 4 is 64.8 Å². The fourth-order valence-electron chi connectivity index (χ4n) is 4.74. The molecule has 3 heteroatoms. The Balaban J connectivity index is 1.34. The molecule has 0 atom stereocenters. The number of nitrogens with one attached hydrogen (secondary N) is 1. The lowest BCUT2D eigenvalue weighted by molar-refractivity contribution is 0.670. The van der Waals surface area contributed by atoms with Crippen molar-refractivity contribution in [2.75, 3.05) is 5.32 Å². The topological polar surface area (TPSA) is 25.2 Å². The Labute approximate surface area is 194 Å². The average Bonchev–Trinajstić information content (AvgIpc) is 3.43. The molecule has 1 N–H and O–H groups in total. The van der Waals surface area contributed by atoms with Gasteiger partial charge in [-0.2, -0.15) is 0 Å². The van der Waals surface area contributed by atoms with E-state index in [2.05, 4.69) is 102 Å². The second-order valence-electron chi connectivity index (χ2n) is 8.27. The van der Waals surface area contributed by atoms with Crippen LogP contribution in [0.4, 0.5) is 11.4 Å². The number of furan rings is 1. The lowest BCUT2D eigenvalue weighted by Gasteiger charge is -2.10. The van der Waals surface area contributed by atoms with E-state index in [0.29, 0.717) is 0 Å². The number of anilines is 2. The number of hydrogen-bond acceptors (Lipinski definition) is 3. The molecule has 0 radical (unpaired) electrons. The first-order chi connectivity index (χ1) is 16.3. The van der Waals surface area contributed by atoms with E-state index in [4.69, 9.17) is 4.42 Å². The van der Waals surface area contributed by atoms with Crippen LogP contribution >= 0.6 is 11.3 Å². The highest BCUT2D eigenvalue weighted by Gasteiger charge is 2.13. The molecule has 0 amide bonds. The van der Waals surface area contributed by atoms with E-state index in [-0.39, 0.29) is 0 Å². The molecule has 7 aromatic rings. The fourth-order valence-corrected chi connectivity index (χ4v) is 5.91. The minimum Gasteiger partial charge on any atom is -0.455 e. The van der Waals surface area contributed by atoms with E-state index in [1.807, 2.05) is 23.5 Å². The first-order valence-electron chi connectivity index (χ1n) is 11.0. The van der Waals surface area contributed by atoms with Crippen molar-refractivity contribution in [1.29, 1.82) is 0 Å². The van der Waals surface area contributed by atoms with E-state index in [1.165, 1.54) is 20.2 Å². The number of rotatable bonds is 3. The quantitative estimate of drug-likeness (QED) is 0.295. The van der Waals surface area contributed by atoms with Crippen molar-refractivity contribution in [1.82, 2.24) is 0 Å². The highest BCUT2D eigenvalue weighted by molar-refractivity contribution is 7.26. The summed E-state index contributed by atoms with van der Waals surface area (Å²) in [7, 11) is 0. The zero-order valence-electron chi connectivity index (χ0n) is 17.7. The van der Waals surface area contributed by atoms with Gasteiger partial charge in [-0.15, -0.1) is 11.3 Å². The van der Waals surface area contributed by atoms with Crippen molar-refractivity contribution in [2.24, 2.45) is 0 Å². The predicted molar refractivity (Wildman–Crippen MR) is 142 cm³/mol. The highest BCUT2D eigenvalue weighted by Crippen LogP contribution is 2.40. The lowest BCUT2D eigenvalue weighted by atomic mass is 10.0. The zero-order chi connectivity index (χ0) is 21.8. The van der Waals surface area contributed by atoms with E-state index >= 15 is 0 Å². The molecule has 0 aliphatic carbocycles. The van der Waals surface area contributed by atoms with Gasteiger partial charge in [0.15, 0.2) is 0 Å². The van der Waals surface area contributed by atoms with E-state index in [1.54, 1.807) is 0 Å². The number of fused-ring (bicyclic) bond motifs is 6. The minimum atomic E-state index is 0.922. The Kier molecular flexibility index (Phi) is 4.05. The lowest BCUT2D eigenvalue weighted by Crippen LogP contribution is -1.91. The van der Waals surface area contributed by atoms with Crippen molar-refractivity contribution in [3.05, 3.63) is 109 Å². The number of hydrogen-bond donors (Lipinski definition) is 1. The molecular weight excluding hydrogens is 422 g/mol. The van der Waals surface area contributed by atoms with Gasteiger partial charge in [0.1, 0.15) is 11.2 Å². The van der Waals surface area contributed by atoms with Crippen LogP contribution < -0.4 is 5.32 Å². The molecule has 0 spiro atoms. The Hall–Kier alpha value is -4.08. The molecule has 5 aromatic carbocycles. The SMILES string of the molecule is c1cc(Nc2cccc3c2sc2ccccc23)cc(-c2cccc3c2oc2ccccc23)c1. The van der Waals surface area contributed by atoms with Crippen LogP contribution in [0.3, 0.4) is 0 Å². The van der Waals surface area contributed by atoms with Gasteiger partial charge in [-0.3, -0.25) is 0 Å². The Morgan fingerprint density at radius 1 is 0.606 bits per heavy atom. The Morgan fingerprint density at radius 2 is 1.36 bits per heavy atom. The summed E-state index contributed by atoms with van der Waals surface area (Å²) in [5.41, 5.74) is 6.28. The Morgan fingerprint density at radius 3 is 2.33 bits per heavy atom. The van der Waals surface area contributed by atoms with Gasteiger partial charge in [0, 0.05) is 37.5 Å². The van der Waals surface area contributed by atoms with Crippen LogP contribution in [0.1, 0.15) is 0 Å². The van der Waals surface area contributed by atoms with Gasteiger partial charge in [-0.1, -0.05) is 78.9 Å². The maximum absolute atomic E-state index is 6.27. The molecule has 0 saturated heterocycles. The first kappa shape index (κ1) is 18.5. The van der Waals surface area contributed by atoms with E-state index in [0.717, 1.165) is 44.4 Å². The van der Waals surface area contributed by atoms with Crippen LogP contribution in [0.2, 0.25) is 0 Å². The van der Waals surface area contributed by atoms with Gasteiger partial charge >= 0.3 is 0 Å². The van der Waals surface area contributed by atoms with Gasteiger partial charge in [-0.25, -0.2) is 0 Å². The smallest absolute Gasteiger partial charge is 0.143 e. The summed E-state index contributed by atoms with van der Waals surface area (Å²) in [6.07, 6.45) is 0. The fraction of sp³-hybridized carbons (Fsp3) is 0. The standard InChI is InChI=1S/C30H19NOS/c1-3-16-27-22(10-1)24-13-6-12-21(29(24)32-27)19-8-5-9-20(18-19)31-26-15-7-14-25-23-11-2-4-17-28(23)33-30(25)26/h1-18,31H. The number of para-hydroxylation sites is 2. The maximum atomic E-state index is 6.27. The zero-order valence-corrected chi connectivity index (χ0v) is 18.5. The molecular formula is C30H19NOS. The molecule has 0 aliphatic heterocycles. The van der Waals surface area contributed by atoms with Gasteiger partial charge in [-0.05, 0) is 35.9 Å².